The van der Waals surface area contributed by atoms with Gasteiger partial charge in [0.05, 0.1) is 23.4 Å². The third-order valence-corrected chi connectivity index (χ3v) is 8.11. The molecule has 0 aromatic heterocycles. The van der Waals surface area contributed by atoms with Crippen LogP contribution in [0, 0.1) is 11.6 Å². The lowest BCUT2D eigenvalue weighted by Gasteiger charge is -2.22. The van der Waals surface area contributed by atoms with E-state index in [1.807, 2.05) is 0 Å². The van der Waals surface area contributed by atoms with Crippen LogP contribution in [0.5, 0.6) is 0 Å². The number of nitrogens with zero attached hydrogens (tertiary/aromatic N) is 1. The minimum Gasteiger partial charge on any atom is -0.322 e. The monoisotopic (exact) mass is 571 g/mol. The Kier molecular flexibility index (Phi) is 7.98. The molecule has 0 aliphatic rings. The summed E-state index contributed by atoms with van der Waals surface area (Å²) >= 11 is 0. The molecule has 1 amide bonds. The smallest absolute Gasteiger partial charge is 0.261 e. The Morgan fingerprint density at radius 1 is 0.718 bits per heavy atom. The van der Waals surface area contributed by atoms with E-state index in [0.717, 1.165) is 22.7 Å². The molecular weight excluding hydrogens is 548 g/mol. The topological polar surface area (TPSA) is 113 Å². The number of hydrogen-bond acceptors (Lipinski definition) is 5. The molecule has 0 aliphatic carbocycles. The fourth-order valence-electron chi connectivity index (χ4n) is 3.59. The maximum absolute atomic E-state index is 13.2. The highest BCUT2D eigenvalue weighted by Gasteiger charge is 2.19. The highest BCUT2D eigenvalue weighted by molar-refractivity contribution is 7.92. The summed E-state index contributed by atoms with van der Waals surface area (Å²) in [6.07, 6.45) is 1.05. The molecular formula is C27H23F2N3O5S2. The lowest BCUT2D eigenvalue weighted by Crippen LogP contribution is -2.29. The zero-order valence-electron chi connectivity index (χ0n) is 20.5. The molecule has 0 saturated heterocycles. The van der Waals surface area contributed by atoms with Gasteiger partial charge in [0.15, 0.2) is 0 Å². The molecule has 8 nitrogen and oxygen atoms in total. The summed E-state index contributed by atoms with van der Waals surface area (Å²) in [6, 6.07) is 21.7. The van der Waals surface area contributed by atoms with Crippen LogP contribution in [0.25, 0.3) is 0 Å². The van der Waals surface area contributed by atoms with Gasteiger partial charge in [0.2, 0.25) is 10.0 Å². The van der Waals surface area contributed by atoms with Crippen molar-refractivity contribution in [3.8, 4) is 0 Å². The summed E-state index contributed by atoms with van der Waals surface area (Å²) in [7, 11) is -7.61. The molecule has 0 atom stereocenters. The zero-order valence-corrected chi connectivity index (χ0v) is 22.1. The van der Waals surface area contributed by atoms with Gasteiger partial charge in [-0.3, -0.25) is 13.8 Å². The standard InChI is InChI=1S/C27H23F2N3O5S2/c1-38(34,35)32(18-19-2-6-21(28)7-3-19)25-14-4-20(5-15-25)27(33)30-23-12-16-26(17-13-23)39(36,37)31-24-10-8-22(29)9-11-24/h2-17,31H,18H2,1H3,(H,30,33). The van der Waals surface area contributed by atoms with Crippen molar-refractivity contribution < 1.29 is 30.4 Å². The van der Waals surface area contributed by atoms with Gasteiger partial charge < -0.3 is 5.32 Å². The van der Waals surface area contributed by atoms with Crippen LogP contribution in [0.15, 0.2) is 102 Å². The van der Waals surface area contributed by atoms with Crippen LogP contribution in [0.2, 0.25) is 0 Å². The highest BCUT2D eigenvalue weighted by atomic mass is 32.2. The molecule has 0 saturated carbocycles. The van der Waals surface area contributed by atoms with E-state index in [4.69, 9.17) is 0 Å². The van der Waals surface area contributed by atoms with Crippen LogP contribution >= 0.6 is 0 Å². The van der Waals surface area contributed by atoms with Gasteiger partial charge in [0.1, 0.15) is 11.6 Å². The van der Waals surface area contributed by atoms with Crippen molar-refractivity contribution in [3.05, 3.63) is 120 Å². The number of sulfonamides is 2. The van der Waals surface area contributed by atoms with Crippen LogP contribution in [0.1, 0.15) is 15.9 Å². The van der Waals surface area contributed by atoms with Crippen molar-refractivity contribution in [2.45, 2.75) is 11.4 Å². The Bertz CT molecular complexity index is 1680. The van der Waals surface area contributed by atoms with Gasteiger partial charge in [0, 0.05) is 16.9 Å². The largest absolute Gasteiger partial charge is 0.322 e. The Labute approximate surface area is 225 Å². The van der Waals surface area contributed by atoms with Gasteiger partial charge in [-0.05, 0) is 90.5 Å². The molecule has 4 rings (SSSR count). The Morgan fingerprint density at radius 2 is 1.23 bits per heavy atom. The lowest BCUT2D eigenvalue weighted by atomic mass is 10.1. The molecule has 0 bridgehead atoms. The summed E-state index contributed by atoms with van der Waals surface area (Å²) in [4.78, 5) is 12.7. The van der Waals surface area contributed by atoms with E-state index in [2.05, 4.69) is 10.0 Å². The molecule has 39 heavy (non-hydrogen) atoms. The van der Waals surface area contributed by atoms with E-state index in [9.17, 15) is 30.4 Å². The molecule has 4 aromatic carbocycles. The Balaban J connectivity index is 1.44. The van der Waals surface area contributed by atoms with E-state index < -0.39 is 37.6 Å². The first-order chi connectivity index (χ1) is 18.4. The van der Waals surface area contributed by atoms with Crippen molar-refractivity contribution in [2.24, 2.45) is 0 Å². The first-order valence-corrected chi connectivity index (χ1v) is 14.8. The second-order valence-electron chi connectivity index (χ2n) is 8.53. The van der Waals surface area contributed by atoms with Gasteiger partial charge in [0.25, 0.3) is 15.9 Å². The Morgan fingerprint density at radius 3 is 1.77 bits per heavy atom. The molecule has 202 valence electrons. The summed E-state index contributed by atoms with van der Waals surface area (Å²) in [5, 5.41) is 2.65. The van der Waals surface area contributed by atoms with E-state index in [0.29, 0.717) is 16.9 Å². The third kappa shape index (κ3) is 7.18. The number of benzene rings is 4. The molecule has 0 heterocycles. The van der Waals surface area contributed by atoms with Crippen LogP contribution < -0.4 is 14.3 Å². The molecule has 0 radical (unpaired) electrons. The number of rotatable bonds is 9. The van der Waals surface area contributed by atoms with Crippen molar-refractivity contribution in [1.82, 2.24) is 0 Å². The fraction of sp³-hybridized carbons (Fsp3) is 0.0741. The Hall–Kier alpha value is -4.29. The zero-order chi connectivity index (χ0) is 28.2. The number of halogens is 2. The van der Waals surface area contributed by atoms with Crippen molar-refractivity contribution >= 4 is 43.0 Å². The van der Waals surface area contributed by atoms with Gasteiger partial charge in [-0.15, -0.1) is 0 Å². The number of hydrogen-bond donors (Lipinski definition) is 2. The quantitative estimate of drug-likeness (QED) is 0.294. The minimum absolute atomic E-state index is 0.0179. The van der Waals surface area contributed by atoms with Gasteiger partial charge in [-0.25, -0.2) is 25.6 Å². The van der Waals surface area contributed by atoms with E-state index in [1.165, 1.54) is 84.9 Å². The summed E-state index contributed by atoms with van der Waals surface area (Å²) in [5.41, 5.74) is 1.68. The van der Waals surface area contributed by atoms with Crippen molar-refractivity contribution in [1.29, 1.82) is 0 Å². The number of anilines is 3. The first kappa shape index (κ1) is 27.7. The first-order valence-electron chi connectivity index (χ1n) is 11.4. The van der Waals surface area contributed by atoms with E-state index in [1.54, 1.807) is 0 Å². The van der Waals surface area contributed by atoms with Crippen molar-refractivity contribution in [2.75, 3.05) is 20.6 Å². The normalized spacial score (nSPS) is 11.6. The molecule has 4 aromatic rings. The number of carbonyl (C=O) groups excluding carboxylic acids is 1. The summed E-state index contributed by atoms with van der Waals surface area (Å²) in [5.74, 6) is -1.42. The average molecular weight is 572 g/mol. The lowest BCUT2D eigenvalue weighted by molar-refractivity contribution is 0.102. The molecule has 0 unspecified atom stereocenters. The molecule has 12 heteroatoms. The van der Waals surface area contributed by atoms with Crippen LogP contribution in [0.3, 0.4) is 0 Å². The van der Waals surface area contributed by atoms with Crippen LogP contribution in [-0.2, 0) is 26.6 Å². The average Bonchev–Trinajstić information content (AvgIpc) is 2.89. The predicted molar refractivity (Wildman–Crippen MR) is 145 cm³/mol. The second kappa shape index (κ2) is 11.2. The summed E-state index contributed by atoms with van der Waals surface area (Å²) < 4.78 is 79.7. The van der Waals surface area contributed by atoms with E-state index in [-0.39, 0.29) is 22.7 Å². The SMILES string of the molecule is CS(=O)(=O)N(Cc1ccc(F)cc1)c1ccc(C(=O)Nc2ccc(S(=O)(=O)Nc3ccc(F)cc3)cc2)cc1. The van der Waals surface area contributed by atoms with E-state index >= 15 is 0 Å². The van der Waals surface area contributed by atoms with Crippen LogP contribution in [0.4, 0.5) is 25.8 Å². The van der Waals surface area contributed by atoms with Gasteiger partial charge in [-0.2, -0.15) is 0 Å². The molecule has 2 N–H and O–H groups in total. The number of nitrogens with one attached hydrogen (secondary N) is 2. The number of carbonyl (C=O) groups is 1. The summed E-state index contributed by atoms with van der Waals surface area (Å²) in [6.45, 7) is -0.0179. The maximum Gasteiger partial charge on any atom is 0.261 e. The predicted octanol–water partition coefficient (Wildman–Crippen LogP) is 4.98. The van der Waals surface area contributed by atoms with Gasteiger partial charge in [-0.1, -0.05) is 12.1 Å². The van der Waals surface area contributed by atoms with Gasteiger partial charge >= 0.3 is 0 Å². The third-order valence-electron chi connectivity index (χ3n) is 5.58. The minimum atomic E-state index is -3.93. The van der Waals surface area contributed by atoms with Crippen LogP contribution in [-0.4, -0.2) is 29.0 Å². The molecule has 0 spiro atoms. The molecule has 0 fully saturated rings. The highest BCUT2D eigenvalue weighted by Crippen LogP contribution is 2.23. The number of amides is 1. The van der Waals surface area contributed by atoms with Crippen molar-refractivity contribution in [3.63, 3.8) is 0 Å². The maximum atomic E-state index is 13.2. The second-order valence-corrected chi connectivity index (χ2v) is 12.1. The molecule has 0 aliphatic heterocycles. The fourth-order valence-corrected chi connectivity index (χ4v) is 5.53.